The first kappa shape index (κ1) is 18.5. The number of carbonyl (C=O) groups is 2. The van der Waals surface area contributed by atoms with E-state index in [4.69, 9.17) is 16.3 Å². The zero-order valence-corrected chi connectivity index (χ0v) is 14.6. The van der Waals surface area contributed by atoms with Crippen LogP contribution in [0.2, 0.25) is 5.28 Å². The molecule has 0 bridgehead atoms. The highest BCUT2D eigenvalue weighted by Crippen LogP contribution is 2.23. The molecule has 0 atom stereocenters. The Hall–Kier alpha value is -2.87. The highest BCUT2D eigenvalue weighted by Gasteiger charge is 2.17. The lowest BCUT2D eigenvalue weighted by Crippen LogP contribution is -2.27. The summed E-state index contributed by atoms with van der Waals surface area (Å²) >= 11 is 5.72. The van der Waals surface area contributed by atoms with Crippen molar-refractivity contribution in [1.82, 2.24) is 9.97 Å². The van der Waals surface area contributed by atoms with Crippen molar-refractivity contribution in [3.63, 3.8) is 0 Å². The summed E-state index contributed by atoms with van der Waals surface area (Å²) in [4.78, 5) is 30.6. The van der Waals surface area contributed by atoms with Gasteiger partial charge in [-0.1, -0.05) is 6.07 Å². The maximum Gasteiger partial charge on any atom is 0.412 e. The van der Waals surface area contributed by atoms with Crippen LogP contribution < -0.4 is 10.6 Å². The molecule has 1 aromatic heterocycles. The SMILES string of the molecule is CC(C)(C)OC(=O)Nc1cccc(Nc2nc(Cl)ncc2C(=O)O)c1. The van der Waals surface area contributed by atoms with Crippen molar-refractivity contribution in [3.8, 4) is 0 Å². The highest BCUT2D eigenvalue weighted by molar-refractivity contribution is 6.28. The van der Waals surface area contributed by atoms with Crippen LogP contribution in [0.5, 0.6) is 0 Å². The third-order valence-electron chi connectivity index (χ3n) is 2.76. The Morgan fingerprint density at radius 1 is 1.24 bits per heavy atom. The smallest absolute Gasteiger partial charge is 0.412 e. The van der Waals surface area contributed by atoms with Gasteiger partial charge in [-0.15, -0.1) is 0 Å². The lowest BCUT2D eigenvalue weighted by atomic mass is 10.2. The van der Waals surface area contributed by atoms with E-state index in [9.17, 15) is 14.7 Å². The summed E-state index contributed by atoms with van der Waals surface area (Å²) in [5.74, 6) is -1.15. The standard InChI is InChI=1S/C16H17ClN4O4/c1-16(2,3)25-15(24)20-10-6-4-5-9(7-10)19-12-11(13(22)23)8-18-14(17)21-12/h4-8H,1-3H3,(H,20,24)(H,22,23)(H,18,19,21). The van der Waals surface area contributed by atoms with Gasteiger partial charge in [0.15, 0.2) is 0 Å². The van der Waals surface area contributed by atoms with Gasteiger partial charge in [-0.25, -0.2) is 14.6 Å². The first-order valence-corrected chi connectivity index (χ1v) is 7.65. The summed E-state index contributed by atoms with van der Waals surface area (Å²) in [6, 6.07) is 6.63. The number of hydrogen-bond donors (Lipinski definition) is 3. The number of halogens is 1. The Kier molecular flexibility index (Phi) is 5.43. The zero-order chi connectivity index (χ0) is 18.6. The number of benzene rings is 1. The summed E-state index contributed by atoms with van der Waals surface area (Å²) in [5, 5.41) is 14.5. The van der Waals surface area contributed by atoms with Gasteiger partial charge in [-0.2, -0.15) is 4.98 Å². The van der Waals surface area contributed by atoms with Crippen molar-refractivity contribution in [2.75, 3.05) is 10.6 Å². The quantitative estimate of drug-likeness (QED) is 0.704. The second kappa shape index (κ2) is 7.35. The minimum atomic E-state index is -1.19. The van der Waals surface area contributed by atoms with E-state index >= 15 is 0 Å². The predicted octanol–water partition coefficient (Wildman–Crippen LogP) is 3.92. The minimum absolute atomic E-state index is 0.0434. The number of aromatic nitrogens is 2. The molecule has 0 saturated heterocycles. The maximum atomic E-state index is 11.8. The molecule has 1 heterocycles. The fourth-order valence-corrected chi connectivity index (χ4v) is 1.98. The molecule has 25 heavy (non-hydrogen) atoms. The van der Waals surface area contributed by atoms with Gasteiger partial charge in [0.2, 0.25) is 5.28 Å². The number of amides is 1. The molecule has 132 valence electrons. The van der Waals surface area contributed by atoms with Gasteiger partial charge in [0.05, 0.1) is 0 Å². The second-order valence-corrected chi connectivity index (χ2v) is 6.38. The van der Waals surface area contributed by atoms with Gasteiger partial charge in [0.1, 0.15) is 17.0 Å². The van der Waals surface area contributed by atoms with Crippen LogP contribution in [0.3, 0.4) is 0 Å². The van der Waals surface area contributed by atoms with Crippen molar-refractivity contribution in [3.05, 3.63) is 41.3 Å². The number of nitrogens with zero attached hydrogens (tertiary/aromatic N) is 2. The Bertz CT molecular complexity index is 805. The van der Waals surface area contributed by atoms with Crippen molar-refractivity contribution in [2.45, 2.75) is 26.4 Å². The molecule has 0 spiro atoms. The molecule has 2 aromatic rings. The average Bonchev–Trinajstić information content (AvgIpc) is 2.45. The van der Waals surface area contributed by atoms with Crippen LogP contribution in [0.1, 0.15) is 31.1 Å². The van der Waals surface area contributed by atoms with E-state index in [2.05, 4.69) is 20.6 Å². The van der Waals surface area contributed by atoms with Crippen molar-refractivity contribution < 1.29 is 19.4 Å². The van der Waals surface area contributed by atoms with Gasteiger partial charge >= 0.3 is 12.1 Å². The highest BCUT2D eigenvalue weighted by atomic mass is 35.5. The Labute approximate surface area is 149 Å². The molecule has 0 aliphatic rings. The lowest BCUT2D eigenvalue weighted by molar-refractivity contribution is 0.0634. The van der Waals surface area contributed by atoms with Crippen LogP contribution in [-0.4, -0.2) is 32.7 Å². The molecule has 0 saturated carbocycles. The summed E-state index contributed by atoms with van der Waals surface area (Å²) < 4.78 is 5.18. The number of carbonyl (C=O) groups excluding carboxylic acids is 1. The zero-order valence-electron chi connectivity index (χ0n) is 13.8. The largest absolute Gasteiger partial charge is 0.477 e. The number of aromatic carboxylic acids is 1. The molecular weight excluding hydrogens is 348 g/mol. The van der Waals surface area contributed by atoms with Gasteiger partial charge < -0.3 is 15.2 Å². The van der Waals surface area contributed by atoms with Gasteiger partial charge in [0, 0.05) is 17.6 Å². The monoisotopic (exact) mass is 364 g/mol. The second-order valence-electron chi connectivity index (χ2n) is 6.04. The molecule has 0 aliphatic carbocycles. The number of rotatable bonds is 4. The fraction of sp³-hybridized carbons (Fsp3) is 0.250. The first-order valence-electron chi connectivity index (χ1n) is 7.27. The molecule has 9 heteroatoms. The van der Waals surface area contributed by atoms with Gasteiger partial charge in [-0.3, -0.25) is 5.32 Å². The number of ether oxygens (including phenoxy) is 1. The third-order valence-corrected chi connectivity index (χ3v) is 2.94. The molecule has 0 radical (unpaired) electrons. The number of anilines is 3. The van der Waals surface area contributed by atoms with E-state index in [1.807, 2.05) is 0 Å². The van der Waals surface area contributed by atoms with E-state index in [0.29, 0.717) is 11.4 Å². The molecule has 8 nitrogen and oxygen atoms in total. The van der Waals surface area contributed by atoms with Crippen LogP contribution >= 0.6 is 11.6 Å². The molecule has 3 N–H and O–H groups in total. The van der Waals surface area contributed by atoms with E-state index in [1.165, 1.54) is 0 Å². The Balaban J connectivity index is 2.19. The van der Waals surface area contributed by atoms with E-state index < -0.39 is 17.7 Å². The third kappa shape index (κ3) is 5.61. The maximum absolute atomic E-state index is 11.8. The van der Waals surface area contributed by atoms with Crippen LogP contribution in [0.4, 0.5) is 22.0 Å². The van der Waals surface area contributed by atoms with Crippen molar-refractivity contribution >= 4 is 40.9 Å². The summed E-state index contributed by atoms with van der Waals surface area (Å²) in [6.07, 6.45) is 0.518. The minimum Gasteiger partial charge on any atom is -0.477 e. The summed E-state index contributed by atoms with van der Waals surface area (Å²) in [6.45, 7) is 5.28. The van der Waals surface area contributed by atoms with E-state index in [0.717, 1.165) is 6.20 Å². The van der Waals surface area contributed by atoms with Crippen molar-refractivity contribution in [1.29, 1.82) is 0 Å². The molecule has 1 aromatic carbocycles. The molecule has 0 aliphatic heterocycles. The summed E-state index contributed by atoms with van der Waals surface area (Å²) in [5.41, 5.74) is 0.227. The van der Waals surface area contributed by atoms with Crippen LogP contribution in [0.15, 0.2) is 30.5 Å². The van der Waals surface area contributed by atoms with Crippen LogP contribution in [0.25, 0.3) is 0 Å². The first-order chi connectivity index (χ1) is 11.6. The average molecular weight is 365 g/mol. The van der Waals surface area contributed by atoms with Crippen molar-refractivity contribution in [2.24, 2.45) is 0 Å². The van der Waals surface area contributed by atoms with Gasteiger partial charge in [-0.05, 0) is 50.6 Å². The number of carboxylic acid groups (broad SMARTS) is 1. The van der Waals surface area contributed by atoms with Crippen LogP contribution in [-0.2, 0) is 4.74 Å². The lowest BCUT2D eigenvalue weighted by Gasteiger charge is -2.19. The van der Waals surface area contributed by atoms with E-state index in [-0.39, 0.29) is 16.7 Å². The molecule has 0 fully saturated rings. The van der Waals surface area contributed by atoms with Gasteiger partial charge in [0.25, 0.3) is 0 Å². The topological polar surface area (TPSA) is 113 Å². The number of hydrogen-bond acceptors (Lipinski definition) is 6. The normalized spacial score (nSPS) is 10.9. The van der Waals surface area contributed by atoms with Crippen LogP contribution in [0, 0.1) is 0 Å². The molecule has 1 amide bonds. The molecule has 2 rings (SSSR count). The molecular formula is C16H17ClN4O4. The fourth-order valence-electron chi connectivity index (χ4n) is 1.84. The predicted molar refractivity (Wildman–Crippen MR) is 93.6 cm³/mol. The van der Waals surface area contributed by atoms with E-state index in [1.54, 1.807) is 45.0 Å². The summed E-state index contributed by atoms with van der Waals surface area (Å²) in [7, 11) is 0. The number of carboxylic acids is 1. The Morgan fingerprint density at radius 3 is 2.56 bits per heavy atom. The Morgan fingerprint density at radius 2 is 1.92 bits per heavy atom. The molecule has 0 unspecified atom stereocenters. The number of nitrogens with one attached hydrogen (secondary N) is 2.